The van der Waals surface area contributed by atoms with Crippen LogP contribution in [0, 0.1) is 17.0 Å². The van der Waals surface area contributed by atoms with Crippen LogP contribution in [0.4, 0.5) is 17.1 Å². The number of nitro benzene ring substituents is 1. The van der Waals surface area contributed by atoms with Crippen molar-refractivity contribution in [1.82, 2.24) is 0 Å². The molecule has 0 spiro atoms. The third-order valence-corrected chi connectivity index (χ3v) is 3.80. The van der Waals surface area contributed by atoms with Crippen molar-refractivity contribution in [3.63, 3.8) is 0 Å². The van der Waals surface area contributed by atoms with E-state index in [9.17, 15) is 14.9 Å². The molecular formula is C20H16N2O3. The van der Waals surface area contributed by atoms with Crippen LogP contribution in [0.1, 0.15) is 15.9 Å². The standard InChI is InChI=1S/C20H16N2O3/c1-15-8-7-9-16(14-15)20(23)21(17-10-3-2-4-11-17)18-12-5-6-13-19(18)22(24)25/h2-14H,1H3. The van der Waals surface area contributed by atoms with Gasteiger partial charge in [0.2, 0.25) is 0 Å². The Morgan fingerprint density at radius 3 is 2.28 bits per heavy atom. The molecule has 0 aliphatic rings. The van der Waals surface area contributed by atoms with Gasteiger partial charge in [-0.2, -0.15) is 0 Å². The minimum absolute atomic E-state index is 0.118. The summed E-state index contributed by atoms with van der Waals surface area (Å²) in [4.78, 5) is 25.5. The molecule has 0 unspecified atom stereocenters. The van der Waals surface area contributed by atoms with Crippen LogP contribution in [0.2, 0.25) is 0 Å². The highest BCUT2D eigenvalue weighted by Crippen LogP contribution is 2.34. The Kier molecular flexibility index (Phi) is 4.57. The van der Waals surface area contributed by atoms with E-state index in [-0.39, 0.29) is 17.3 Å². The minimum atomic E-state index is -0.477. The lowest BCUT2D eigenvalue weighted by molar-refractivity contribution is -0.384. The van der Waals surface area contributed by atoms with Gasteiger partial charge in [-0.15, -0.1) is 0 Å². The molecule has 3 aromatic carbocycles. The Bertz CT molecular complexity index is 923. The second-order valence-corrected chi connectivity index (χ2v) is 5.59. The number of aryl methyl sites for hydroxylation is 1. The number of para-hydroxylation sites is 3. The van der Waals surface area contributed by atoms with Gasteiger partial charge in [-0.1, -0.05) is 48.0 Å². The molecule has 0 aliphatic carbocycles. The van der Waals surface area contributed by atoms with Crippen molar-refractivity contribution in [3.05, 3.63) is 100 Å². The summed E-state index contributed by atoms with van der Waals surface area (Å²) < 4.78 is 0. The zero-order valence-corrected chi connectivity index (χ0v) is 13.6. The Hall–Kier alpha value is -3.47. The van der Waals surface area contributed by atoms with E-state index in [1.807, 2.05) is 19.1 Å². The van der Waals surface area contributed by atoms with Crippen LogP contribution in [0.25, 0.3) is 0 Å². The maximum Gasteiger partial charge on any atom is 0.293 e. The van der Waals surface area contributed by atoms with Crippen molar-refractivity contribution in [1.29, 1.82) is 0 Å². The fraction of sp³-hybridized carbons (Fsp3) is 0.0500. The molecule has 5 heteroatoms. The summed E-state index contributed by atoms with van der Waals surface area (Å²) in [6.07, 6.45) is 0. The lowest BCUT2D eigenvalue weighted by Gasteiger charge is -2.23. The lowest BCUT2D eigenvalue weighted by Crippen LogP contribution is -2.26. The SMILES string of the molecule is Cc1cccc(C(=O)N(c2ccccc2)c2ccccc2[N+](=O)[O-])c1. The summed E-state index contributed by atoms with van der Waals surface area (Å²) in [7, 11) is 0. The molecule has 3 aromatic rings. The summed E-state index contributed by atoms with van der Waals surface area (Å²) in [6, 6.07) is 22.3. The number of carbonyl (C=O) groups excluding carboxylic acids is 1. The van der Waals surface area contributed by atoms with E-state index in [0.717, 1.165) is 5.56 Å². The molecule has 0 N–H and O–H groups in total. The molecule has 25 heavy (non-hydrogen) atoms. The van der Waals surface area contributed by atoms with Crippen LogP contribution in [-0.4, -0.2) is 10.8 Å². The number of amides is 1. The molecule has 3 rings (SSSR count). The van der Waals surface area contributed by atoms with Gasteiger partial charge in [0.05, 0.1) is 4.92 Å². The zero-order valence-electron chi connectivity index (χ0n) is 13.6. The van der Waals surface area contributed by atoms with Crippen LogP contribution in [0.3, 0.4) is 0 Å². The number of carbonyl (C=O) groups is 1. The number of hydrogen-bond acceptors (Lipinski definition) is 3. The highest BCUT2D eigenvalue weighted by atomic mass is 16.6. The molecule has 0 heterocycles. The fourth-order valence-corrected chi connectivity index (χ4v) is 2.66. The first kappa shape index (κ1) is 16.4. The maximum absolute atomic E-state index is 13.2. The van der Waals surface area contributed by atoms with Gasteiger partial charge in [0.1, 0.15) is 5.69 Å². The molecule has 0 radical (unpaired) electrons. The summed E-state index contributed by atoms with van der Waals surface area (Å²) in [6.45, 7) is 1.90. The summed E-state index contributed by atoms with van der Waals surface area (Å²) in [5.74, 6) is -0.316. The molecule has 5 nitrogen and oxygen atoms in total. The zero-order chi connectivity index (χ0) is 17.8. The van der Waals surface area contributed by atoms with Crippen molar-refractivity contribution in [2.24, 2.45) is 0 Å². The monoisotopic (exact) mass is 332 g/mol. The number of nitrogens with zero attached hydrogens (tertiary/aromatic N) is 2. The van der Waals surface area contributed by atoms with Crippen LogP contribution in [-0.2, 0) is 0 Å². The normalized spacial score (nSPS) is 10.3. The van der Waals surface area contributed by atoms with Crippen LogP contribution < -0.4 is 4.90 Å². The molecule has 0 saturated carbocycles. The van der Waals surface area contributed by atoms with Crippen molar-refractivity contribution in [3.8, 4) is 0 Å². The average Bonchev–Trinajstić information content (AvgIpc) is 2.63. The molecule has 0 aromatic heterocycles. The number of rotatable bonds is 4. The first-order chi connectivity index (χ1) is 12.1. The van der Waals surface area contributed by atoms with Crippen molar-refractivity contribution < 1.29 is 9.72 Å². The Morgan fingerprint density at radius 1 is 0.920 bits per heavy atom. The minimum Gasteiger partial charge on any atom is -0.270 e. The van der Waals surface area contributed by atoms with E-state index in [4.69, 9.17) is 0 Å². The first-order valence-electron chi connectivity index (χ1n) is 7.77. The van der Waals surface area contributed by atoms with E-state index >= 15 is 0 Å². The van der Waals surface area contributed by atoms with E-state index < -0.39 is 4.92 Å². The first-order valence-corrected chi connectivity index (χ1v) is 7.77. The number of nitro groups is 1. The Morgan fingerprint density at radius 2 is 1.60 bits per heavy atom. The smallest absolute Gasteiger partial charge is 0.270 e. The van der Waals surface area contributed by atoms with Crippen molar-refractivity contribution in [2.75, 3.05) is 4.90 Å². The number of anilines is 2. The van der Waals surface area contributed by atoms with E-state index in [1.165, 1.54) is 11.0 Å². The van der Waals surface area contributed by atoms with Crippen LogP contribution in [0.5, 0.6) is 0 Å². The molecule has 0 fully saturated rings. The van der Waals surface area contributed by atoms with Crippen LogP contribution in [0.15, 0.2) is 78.9 Å². The summed E-state index contributed by atoms with van der Waals surface area (Å²) in [5.41, 5.74) is 2.12. The van der Waals surface area contributed by atoms with Gasteiger partial charge in [0.25, 0.3) is 11.6 Å². The molecule has 0 atom stereocenters. The van der Waals surface area contributed by atoms with E-state index in [1.54, 1.807) is 60.7 Å². The average molecular weight is 332 g/mol. The molecule has 124 valence electrons. The van der Waals surface area contributed by atoms with Gasteiger partial charge in [-0.3, -0.25) is 19.8 Å². The van der Waals surface area contributed by atoms with E-state index in [2.05, 4.69) is 0 Å². The van der Waals surface area contributed by atoms with Gasteiger partial charge in [-0.25, -0.2) is 0 Å². The van der Waals surface area contributed by atoms with Gasteiger partial charge in [-0.05, 0) is 37.3 Å². The Balaban J connectivity index is 2.18. The predicted octanol–water partition coefficient (Wildman–Crippen LogP) is 4.88. The van der Waals surface area contributed by atoms with Crippen LogP contribution >= 0.6 is 0 Å². The molecular weight excluding hydrogens is 316 g/mol. The van der Waals surface area contributed by atoms with Crippen molar-refractivity contribution in [2.45, 2.75) is 6.92 Å². The second kappa shape index (κ2) is 6.97. The molecule has 0 aliphatic heterocycles. The largest absolute Gasteiger partial charge is 0.293 e. The Labute approximate surface area is 145 Å². The fourth-order valence-electron chi connectivity index (χ4n) is 2.66. The summed E-state index contributed by atoms with van der Waals surface area (Å²) >= 11 is 0. The number of benzene rings is 3. The lowest BCUT2D eigenvalue weighted by atomic mass is 10.1. The van der Waals surface area contributed by atoms with Gasteiger partial charge < -0.3 is 0 Å². The highest BCUT2D eigenvalue weighted by Gasteiger charge is 2.26. The predicted molar refractivity (Wildman–Crippen MR) is 97.2 cm³/mol. The molecule has 1 amide bonds. The maximum atomic E-state index is 13.2. The number of hydrogen-bond donors (Lipinski definition) is 0. The second-order valence-electron chi connectivity index (χ2n) is 5.59. The summed E-state index contributed by atoms with van der Waals surface area (Å²) in [5, 5.41) is 11.4. The van der Waals surface area contributed by atoms with Gasteiger partial charge in [0, 0.05) is 17.3 Å². The van der Waals surface area contributed by atoms with Gasteiger partial charge >= 0.3 is 0 Å². The third-order valence-electron chi connectivity index (χ3n) is 3.80. The van der Waals surface area contributed by atoms with E-state index in [0.29, 0.717) is 11.3 Å². The third kappa shape index (κ3) is 3.40. The quantitative estimate of drug-likeness (QED) is 0.505. The van der Waals surface area contributed by atoms with Gasteiger partial charge in [0.15, 0.2) is 0 Å². The topological polar surface area (TPSA) is 63.5 Å². The van der Waals surface area contributed by atoms with Crippen molar-refractivity contribution >= 4 is 23.0 Å². The highest BCUT2D eigenvalue weighted by molar-refractivity contribution is 6.12. The molecule has 0 bridgehead atoms. The molecule has 0 saturated heterocycles.